The van der Waals surface area contributed by atoms with Gasteiger partial charge in [-0.1, -0.05) is 31.8 Å². The minimum absolute atomic E-state index is 0.119. The summed E-state index contributed by atoms with van der Waals surface area (Å²) in [6.07, 6.45) is -0.681. The molecule has 0 bridgehead atoms. The summed E-state index contributed by atoms with van der Waals surface area (Å²) in [6, 6.07) is 6.76. The average molecular weight is 316 g/mol. The summed E-state index contributed by atoms with van der Waals surface area (Å²) in [6.45, 7) is 6.83. The topological polar surface area (TPSA) is 98.5 Å². The van der Waals surface area contributed by atoms with E-state index in [1.54, 1.807) is 6.07 Å². The molecular weight excluding hydrogens is 296 g/mol. The molecule has 6 nitrogen and oxygen atoms in total. The van der Waals surface area contributed by atoms with Crippen LogP contribution in [0, 0.1) is 0 Å². The number of rotatable bonds is 5. The van der Waals surface area contributed by atoms with Gasteiger partial charge < -0.3 is 4.74 Å². The van der Waals surface area contributed by atoms with Crippen molar-refractivity contribution in [2.75, 3.05) is 11.9 Å². The van der Waals surface area contributed by atoms with Crippen LogP contribution in [-0.4, -0.2) is 29.2 Å². The number of benzene rings is 1. The Morgan fingerprint density at radius 1 is 1.30 bits per heavy atom. The van der Waals surface area contributed by atoms with Crippen molar-refractivity contribution < 1.29 is 17.9 Å². The molecule has 8 heteroatoms. The van der Waals surface area contributed by atoms with Gasteiger partial charge in [0.05, 0.1) is 12.3 Å². The van der Waals surface area contributed by atoms with Gasteiger partial charge in [0.25, 0.3) is 0 Å². The molecule has 0 unspecified atom stereocenters. The van der Waals surface area contributed by atoms with E-state index in [-0.39, 0.29) is 10.6 Å². The van der Waals surface area contributed by atoms with Crippen LogP contribution in [0.3, 0.4) is 0 Å². The molecule has 0 fully saturated rings. The predicted molar refractivity (Wildman–Crippen MR) is 80.9 cm³/mol. The Labute approximate surface area is 120 Å². The van der Waals surface area contributed by atoms with Gasteiger partial charge in [-0.2, -0.15) is 0 Å². The first-order valence-electron chi connectivity index (χ1n) is 6.15. The lowest BCUT2D eigenvalue weighted by Crippen LogP contribution is -2.24. The summed E-state index contributed by atoms with van der Waals surface area (Å²) in [7, 11) is -5.16. The van der Waals surface area contributed by atoms with Crippen LogP contribution < -0.4 is 10.5 Å². The fraction of sp³-hybridized carbons (Fsp3) is 0.417. The number of nitrogens with two attached hydrogens (primary N) is 1. The van der Waals surface area contributed by atoms with Crippen LogP contribution in [-0.2, 0) is 14.8 Å². The second-order valence-electron chi connectivity index (χ2n) is 5.61. The lowest BCUT2D eigenvalue weighted by molar-refractivity contribution is 0.167. The van der Waals surface area contributed by atoms with Crippen LogP contribution in [0.4, 0.5) is 10.5 Å². The number of hydrogen-bond donors (Lipinski definition) is 2. The van der Waals surface area contributed by atoms with E-state index in [0.29, 0.717) is 6.61 Å². The molecule has 1 rings (SSSR count). The number of amides is 1. The third-order valence-electron chi connectivity index (χ3n) is 2.52. The number of ether oxygens (including phenoxy) is 1. The Hall–Kier alpha value is -1.38. The van der Waals surface area contributed by atoms with Gasteiger partial charge in [0.1, 0.15) is 4.90 Å². The molecular formula is C12H20N2O4SSi. The van der Waals surface area contributed by atoms with E-state index in [1.165, 1.54) is 18.2 Å². The van der Waals surface area contributed by atoms with Gasteiger partial charge in [-0.3, -0.25) is 5.32 Å². The highest BCUT2D eigenvalue weighted by atomic mass is 32.2. The maximum Gasteiger partial charge on any atom is 0.411 e. The zero-order chi connectivity index (χ0) is 15.4. The smallest absolute Gasteiger partial charge is 0.411 e. The van der Waals surface area contributed by atoms with Crippen LogP contribution in [0.25, 0.3) is 0 Å². The van der Waals surface area contributed by atoms with E-state index >= 15 is 0 Å². The molecule has 0 aromatic heterocycles. The van der Waals surface area contributed by atoms with Gasteiger partial charge in [0, 0.05) is 8.07 Å². The maximum absolute atomic E-state index is 11.6. The van der Waals surface area contributed by atoms with Crippen molar-refractivity contribution in [1.82, 2.24) is 0 Å². The van der Waals surface area contributed by atoms with E-state index in [2.05, 4.69) is 25.0 Å². The lowest BCUT2D eigenvalue weighted by atomic mass is 10.3. The molecule has 0 atom stereocenters. The average Bonchev–Trinajstić information content (AvgIpc) is 2.26. The largest absolute Gasteiger partial charge is 0.450 e. The predicted octanol–water partition coefficient (Wildman–Crippen LogP) is 2.22. The summed E-state index contributed by atoms with van der Waals surface area (Å²) in [5, 5.41) is 7.47. The number of para-hydroxylation sites is 1. The Balaban J connectivity index is 2.68. The zero-order valence-electron chi connectivity index (χ0n) is 11.8. The number of carbonyl (C=O) groups excluding carboxylic acids is 1. The molecule has 0 saturated carbocycles. The van der Waals surface area contributed by atoms with Gasteiger partial charge >= 0.3 is 6.09 Å². The maximum atomic E-state index is 11.6. The number of primary sulfonamides is 1. The van der Waals surface area contributed by atoms with Gasteiger partial charge in [0.2, 0.25) is 10.0 Å². The van der Waals surface area contributed by atoms with E-state index in [0.717, 1.165) is 6.04 Å². The Bertz CT molecular complexity index is 581. The first kappa shape index (κ1) is 16.7. The van der Waals surface area contributed by atoms with E-state index < -0.39 is 24.2 Å². The molecule has 1 aromatic carbocycles. The molecule has 0 aliphatic rings. The Morgan fingerprint density at radius 3 is 2.45 bits per heavy atom. The van der Waals surface area contributed by atoms with Crippen LogP contribution in [0.1, 0.15) is 0 Å². The molecule has 20 heavy (non-hydrogen) atoms. The SMILES string of the molecule is C[Si](C)(C)CCOC(=O)Nc1ccccc1S(N)(=O)=O. The van der Waals surface area contributed by atoms with Crippen molar-refractivity contribution >= 4 is 29.9 Å². The van der Waals surface area contributed by atoms with Crippen molar-refractivity contribution in [2.24, 2.45) is 5.14 Å². The second-order valence-corrected chi connectivity index (χ2v) is 12.8. The van der Waals surface area contributed by atoms with Crippen LogP contribution in [0.15, 0.2) is 29.2 Å². The molecule has 0 saturated heterocycles. The third kappa shape index (κ3) is 5.72. The molecule has 112 valence electrons. The van der Waals surface area contributed by atoms with Crippen molar-refractivity contribution in [2.45, 2.75) is 30.6 Å². The normalized spacial score (nSPS) is 12.0. The van der Waals surface area contributed by atoms with Crippen molar-refractivity contribution in [1.29, 1.82) is 0 Å². The molecule has 0 spiro atoms. The summed E-state index contributed by atoms with van der Waals surface area (Å²) in [5.74, 6) is 0. The molecule has 0 heterocycles. The quantitative estimate of drug-likeness (QED) is 0.814. The fourth-order valence-corrected chi connectivity index (χ4v) is 2.82. The lowest BCUT2D eigenvalue weighted by Gasteiger charge is -2.15. The van der Waals surface area contributed by atoms with Gasteiger partial charge in [-0.15, -0.1) is 0 Å². The fourth-order valence-electron chi connectivity index (χ4n) is 1.41. The summed E-state index contributed by atoms with van der Waals surface area (Å²) in [5.41, 5.74) is 0.119. The Kier molecular flexibility index (Phi) is 5.32. The summed E-state index contributed by atoms with van der Waals surface area (Å²) in [4.78, 5) is 11.5. The van der Waals surface area contributed by atoms with Gasteiger partial charge in [-0.05, 0) is 18.2 Å². The Morgan fingerprint density at radius 2 is 1.90 bits per heavy atom. The highest BCUT2D eigenvalue weighted by molar-refractivity contribution is 7.89. The first-order chi connectivity index (χ1) is 9.09. The van der Waals surface area contributed by atoms with Crippen molar-refractivity contribution in [3.63, 3.8) is 0 Å². The number of sulfonamides is 1. The van der Waals surface area contributed by atoms with E-state index in [9.17, 15) is 13.2 Å². The van der Waals surface area contributed by atoms with Gasteiger partial charge in [0.15, 0.2) is 0 Å². The number of hydrogen-bond acceptors (Lipinski definition) is 4. The van der Waals surface area contributed by atoms with Gasteiger partial charge in [-0.25, -0.2) is 18.4 Å². The molecule has 3 N–H and O–H groups in total. The van der Waals surface area contributed by atoms with Crippen molar-refractivity contribution in [3.05, 3.63) is 24.3 Å². The number of anilines is 1. The second kappa shape index (κ2) is 6.38. The standard InChI is InChI=1S/C12H20N2O4SSi/c1-20(2,3)9-8-18-12(15)14-10-6-4-5-7-11(10)19(13,16)17/h4-7H,8-9H2,1-3H3,(H,14,15)(H2,13,16,17). The highest BCUT2D eigenvalue weighted by Crippen LogP contribution is 2.19. The zero-order valence-corrected chi connectivity index (χ0v) is 13.7. The highest BCUT2D eigenvalue weighted by Gasteiger charge is 2.17. The van der Waals surface area contributed by atoms with E-state index in [1.807, 2.05) is 0 Å². The van der Waals surface area contributed by atoms with Crippen LogP contribution >= 0.6 is 0 Å². The van der Waals surface area contributed by atoms with Crippen LogP contribution in [0.2, 0.25) is 25.7 Å². The van der Waals surface area contributed by atoms with Crippen LogP contribution in [0.5, 0.6) is 0 Å². The molecule has 0 aliphatic carbocycles. The molecule has 1 amide bonds. The monoisotopic (exact) mass is 316 g/mol. The number of nitrogens with one attached hydrogen (secondary N) is 1. The van der Waals surface area contributed by atoms with E-state index in [4.69, 9.17) is 9.88 Å². The number of carbonyl (C=O) groups is 1. The minimum Gasteiger partial charge on any atom is -0.450 e. The van der Waals surface area contributed by atoms with Crippen molar-refractivity contribution in [3.8, 4) is 0 Å². The summed E-state index contributed by atoms with van der Waals surface area (Å²) < 4.78 is 27.8. The molecule has 1 aromatic rings. The molecule has 0 radical (unpaired) electrons. The first-order valence-corrected chi connectivity index (χ1v) is 11.4. The summed E-state index contributed by atoms with van der Waals surface area (Å²) >= 11 is 0. The third-order valence-corrected chi connectivity index (χ3v) is 5.19. The molecule has 0 aliphatic heterocycles. The minimum atomic E-state index is -3.89.